The zero-order chi connectivity index (χ0) is 12.1. The maximum atomic E-state index is 13.4. The van der Waals surface area contributed by atoms with E-state index in [0.717, 1.165) is 6.07 Å². The normalized spacial score (nSPS) is 9.38. The van der Waals surface area contributed by atoms with Crippen LogP contribution in [0.1, 0.15) is 22.8 Å². The molecule has 5 heteroatoms. The van der Waals surface area contributed by atoms with Crippen molar-refractivity contribution in [2.45, 2.75) is 6.92 Å². The average Bonchev–Trinajstić information content (AvgIpc) is 2.28. The van der Waals surface area contributed by atoms with Gasteiger partial charge >= 0.3 is 5.97 Å². The van der Waals surface area contributed by atoms with Gasteiger partial charge in [-0.05, 0) is 19.1 Å². The van der Waals surface area contributed by atoms with Crippen LogP contribution >= 0.6 is 0 Å². The van der Waals surface area contributed by atoms with E-state index in [1.54, 1.807) is 13.0 Å². The van der Waals surface area contributed by atoms with Crippen LogP contribution in [0.3, 0.4) is 0 Å². The molecule has 0 amide bonds. The standard InChI is InChI=1S/C11H10FNO3/c1-3-16-11(14)8-4-7(6-13)5-9(12)10(8)15-2/h4-5H,3H2,1-2H3. The molecule has 4 nitrogen and oxygen atoms in total. The number of hydrogen-bond acceptors (Lipinski definition) is 4. The van der Waals surface area contributed by atoms with E-state index < -0.39 is 11.8 Å². The summed E-state index contributed by atoms with van der Waals surface area (Å²) in [4.78, 5) is 11.5. The SMILES string of the molecule is CCOC(=O)c1cc(C#N)cc(F)c1OC. The molecule has 16 heavy (non-hydrogen) atoms. The minimum Gasteiger partial charge on any atom is -0.493 e. The summed E-state index contributed by atoms with van der Waals surface area (Å²) in [7, 11) is 1.24. The summed E-state index contributed by atoms with van der Waals surface area (Å²) >= 11 is 0. The lowest BCUT2D eigenvalue weighted by atomic mass is 10.1. The molecule has 0 N–H and O–H groups in total. The number of carbonyl (C=O) groups excluding carboxylic acids is 1. The van der Waals surface area contributed by atoms with E-state index in [2.05, 4.69) is 0 Å². The van der Waals surface area contributed by atoms with E-state index in [4.69, 9.17) is 14.7 Å². The van der Waals surface area contributed by atoms with Gasteiger partial charge in [-0.3, -0.25) is 0 Å². The number of hydrogen-bond donors (Lipinski definition) is 0. The topological polar surface area (TPSA) is 59.3 Å². The van der Waals surface area contributed by atoms with Crippen LogP contribution in [0, 0.1) is 17.1 Å². The summed E-state index contributed by atoms with van der Waals surface area (Å²) in [5.74, 6) is -1.68. The third-order valence-corrected chi connectivity index (χ3v) is 1.87. The summed E-state index contributed by atoms with van der Waals surface area (Å²) in [6.07, 6.45) is 0. The number of esters is 1. The van der Waals surface area contributed by atoms with Crippen LogP contribution in [0.15, 0.2) is 12.1 Å². The zero-order valence-electron chi connectivity index (χ0n) is 8.91. The van der Waals surface area contributed by atoms with Crippen molar-refractivity contribution in [3.05, 3.63) is 29.1 Å². The molecule has 84 valence electrons. The fraction of sp³-hybridized carbons (Fsp3) is 0.273. The van der Waals surface area contributed by atoms with Gasteiger partial charge in [0.05, 0.1) is 25.3 Å². The summed E-state index contributed by atoms with van der Waals surface area (Å²) in [5.41, 5.74) is -0.0396. The van der Waals surface area contributed by atoms with Crippen LogP contribution in [0.4, 0.5) is 4.39 Å². The third-order valence-electron chi connectivity index (χ3n) is 1.87. The smallest absolute Gasteiger partial charge is 0.342 e. The van der Waals surface area contributed by atoms with Crippen LogP contribution in [-0.4, -0.2) is 19.7 Å². The van der Waals surface area contributed by atoms with E-state index in [-0.39, 0.29) is 23.5 Å². The maximum Gasteiger partial charge on any atom is 0.342 e. The molecule has 0 aliphatic heterocycles. The van der Waals surface area contributed by atoms with Crippen LogP contribution in [0.5, 0.6) is 5.75 Å². The van der Waals surface area contributed by atoms with E-state index >= 15 is 0 Å². The number of carbonyl (C=O) groups is 1. The minimum atomic E-state index is -0.760. The molecule has 0 fully saturated rings. The van der Waals surface area contributed by atoms with Gasteiger partial charge in [-0.2, -0.15) is 5.26 Å². The molecule has 0 atom stereocenters. The van der Waals surface area contributed by atoms with Crippen molar-refractivity contribution in [3.8, 4) is 11.8 Å². The molecule has 1 rings (SSSR count). The predicted octanol–water partition coefficient (Wildman–Crippen LogP) is 1.88. The Morgan fingerprint density at radius 3 is 2.75 bits per heavy atom. The molecule has 1 aromatic rings. The van der Waals surface area contributed by atoms with E-state index in [1.807, 2.05) is 0 Å². The first-order valence-electron chi connectivity index (χ1n) is 4.58. The largest absolute Gasteiger partial charge is 0.493 e. The lowest BCUT2D eigenvalue weighted by Crippen LogP contribution is -2.08. The number of nitriles is 1. The van der Waals surface area contributed by atoms with Gasteiger partial charge in [0.25, 0.3) is 0 Å². The number of halogens is 1. The van der Waals surface area contributed by atoms with Crippen molar-refractivity contribution in [2.75, 3.05) is 13.7 Å². The van der Waals surface area contributed by atoms with Crippen molar-refractivity contribution < 1.29 is 18.7 Å². The summed E-state index contributed by atoms with van der Waals surface area (Å²) in [6, 6.07) is 3.99. The third kappa shape index (κ3) is 2.28. The van der Waals surface area contributed by atoms with Crippen molar-refractivity contribution in [2.24, 2.45) is 0 Å². The second-order valence-electron chi connectivity index (χ2n) is 2.87. The Kier molecular flexibility index (Phi) is 3.84. The summed E-state index contributed by atoms with van der Waals surface area (Å²) < 4.78 is 22.9. The Balaban J connectivity index is 3.29. The zero-order valence-corrected chi connectivity index (χ0v) is 8.91. The molecule has 0 saturated carbocycles. The first-order valence-corrected chi connectivity index (χ1v) is 4.58. The molecule has 0 aromatic heterocycles. The van der Waals surface area contributed by atoms with Gasteiger partial charge in [-0.15, -0.1) is 0 Å². The Labute approximate surface area is 92.2 Å². The highest BCUT2D eigenvalue weighted by atomic mass is 19.1. The summed E-state index contributed by atoms with van der Waals surface area (Å²) in [5, 5.41) is 8.65. The van der Waals surface area contributed by atoms with Crippen LogP contribution in [0.2, 0.25) is 0 Å². The number of nitrogens with zero attached hydrogens (tertiary/aromatic N) is 1. The average molecular weight is 223 g/mol. The molecule has 0 spiro atoms. The van der Waals surface area contributed by atoms with Crippen molar-refractivity contribution in [1.29, 1.82) is 5.26 Å². The van der Waals surface area contributed by atoms with E-state index in [0.29, 0.717) is 0 Å². The molecule has 0 saturated heterocycles. The number of benzene rings is 1. The second kappa shape index (κ2) is 5.12. The molecule has 0 unspecified atom stereocenters. The molecule has 0 aliphatic rings. The van der Waals surface area contributed by atoms with Gasteiger partial charge in [-0.25, -0.2) is 9.18 Å². The number of rotatable bonds is 3. The first-order chi connectivity index (χ1) is 7.63. The fourth-order valence-electron chi connectivity index (χ4n) is 1.23. The molecule has 1 aromatic carbocycles. The molecule has 0 bridgehead atoms. The van der Waals surface area contributed by atoms with Crippen molar-refractivity contribution in [3.63, 3.8) is 0 Å². The van der Waals surface area contributed by atoms with E-state index in [1.165, 1.54) is 13.2 Å². The van der Waals surface area contributed by atoms with Gasteiger partial charge < -0.3 is 9.47 Å². The van der Waals surface area contributed by atoms with Crippen molar-refractivity contribution in [1.82, 2.24) is 0 Å². The van der Waals surface area contributed by atoms with Crippen LogP contribution in [0.25, 0.3) is 0 Å². The van der Waals surface area contributed by atoms with Gasteiger partial charge in [0, 0.05) is 0 Å². The van der Waals surface area contributed by atoms with Crippen molar-refractivity contribution >= 4 is 5.97 Å². The summed E-state index contributed by atoms with van der Waals surface area (Å²) in [6.45, 7) is 1.80. The fourth-order valence-corrected chi connectivity index (χ4v) is 1.23. The maximum absolute atomic E-state index is 13.4. The highest BCUT2D eigenvalue weighted by molar-refractivity contribution is 5.93. The highest BCUT2D eigenvalue weighted by Crippen LogP contribution is 2.25. The lowest BCUT2D eigenvalue weighted by molar-refractivity contribution is 0.0521. The van der Waals surface area contributed by atoms with Gasteiger partial charge in [-0.1, -0.05) is 0 Å². The second-order valence-corrected chi connectivity index (χ2v) is 2.87. The monoisotopic (exact) mass is 223 g/mol. The van der Waals surface area contributed by atoms with Crippen LogP contribution < -0.4 is 4.74 Å². The molecular weight excluding hydrogens is 213 g/mol. The first kappa shape index (κ1) is 12.0. The predicted molar refractivity (Wildman–Crippen MR) is 53.6 cm³/mol. The Morgan fingerprint density at radius 1 is 1.56 bits per heavy atom. The Hall–Kier alpha value is -2.09. The lowest BCUT2D eigenvalue weighted by Gasteiger charge is -2.08. The molecule has 0 radical (unpaired) electrons. The van der Waals surface area contributed by atoms with E-state index in [9.17, 15) is 9.18 Å². The van der Waals surface area contributed by atoms with Gasteiger partial charge in [0.1, 0.15) is 5.56 Å². The van der Waals surface area contributed by atoms with Gasteiger partial charge in [0.2, 0.25) is 0 Å². The van der Waals surface area contributed by atoms with Crippen LogP contribution in [-0.2, 0) is 4.74 Å². The highest BCUT2D eigenvalue weighted by Gasteiger charge is 2.18. The number of methoxy groups -OCH3 is 1. The molecule has 0 heterocycles. The number of ether oxygens (including phenoxy) is 2. The Bertz CT molecular complexity index is 451. The minimum absolute atomic E-state index is 0.0429. The quantitative estimate of drug-likeness (QED) is 0.734. The van der Waals surface area contributed by atoms with Gasteiger partial charge in [0.15, 0.2) is 11.6 Å². The molecule has 0 aliphatic carbocycles. The molecular formula is C11H10FNO3. The Morgan fingerprint density at radius 2 is 2.25 bits per heavy atom.